The summed E-state index contributed by atoms with van der Waals surface area (Å²) in [4.78, 5) is 76.9. The quantitative estimate of drug-likeness (QED) is 0.202. The Morgan fingerprint density at radius 1 is 0.660 bits per heavy atom. The van der Waals surface area contributed by atoms with E-state index in [1.165, 1.54) is 50.6 Å². The highest BCUT2D eigenvalue weighted by atomic mass is 16.6. The maximum atomic E-state index is 13.5. The molecule has 3 rings (SSSR count). The minimum Gasteiger partial charge on any atom is -0.493 e. The van der Waals surface area contributed by atoms with Gasteiger partial charge in [0.1, 0.15) is 0 Å². The molecule has 0 saturated carbocycles. The Kier molecular flexibility index (Phi) is 11.8. The molecule has 15 heteroatoms. The lowest BCUT2D eigenvalue weighted by molar-refractivity contribution is -0.157. The fraction of sp³-hybridized carbons (Fsp3) is 0.250. The summed E-state index contributed by atoms with van der Waals surface area (Å²) in [5, 5.41) is 12.5. The number of amides is 1. The smallest absolute Gasteiger partial charge is 0.349 e. The van der Waals surface area contributed by atoms with Crippen LogP contribution in [0.15, 0.2) is 60.7 Å². The van der Waals surface area contributed by atoms with Gasteiger partial charge in [-0.1, -0.05) is 0 Å². The van der Waals surface area contributed by atoms with Gasteiger partial charge in [-0.25, -0.2) is 14.4 Å². The first-order valence-electron chi connectivity index (χ1n) is 13.7. The highest BCUT2D eigenvalue weighted by molar-refractivity contribution is 6.02. The lowest BCUT2D eigenvalue weighted by atomic mass is 10.1. The summed E-state index contributed by atoms with van der Waals surface area (Å²) < 4.78 is 30.9. The average Bonchev–Trinajstić information content (AvgIpc) is 3.02. The maximum Gasteiger partial charge on any atom is 0.349 e. The number of carboxylic acid groups (broad SMARTS) is 1. The van der Waals surface area contributed by atoms with Crippen molar-refractivity contribution in [2.45, 2.75) is 26.1 Å². The number of carbonyl (C=O) groups excluding carboxylic acids is 5. The standard InChI is InChI=1S/C32H32N2O13/c1-17(35)44-23-13-7-19(15-25(23)42-5)31(40)46-27(29(37)33-21-9-11-22(12-10-21)34(3)4)28(30(38)39)47-32(41)20-8-14-24(45-18(2)36)26(16-20)43-6/h7-16,27-28H,1-6H3,(H,33,37)(H,38,39)/t27-,28+/m0/s1. The summed E-state index contributed by atoms with van der Waals surface area (Å²) >= 11 is 0. The molecule has 15 nitrogen and oxygen atoms in total. The van der Waals surface area contributed by atoms with Crippen molar-refractivity contribution in [2.75, 3.05) is 38.5 Å². The highest BCUT2D eigenvalue weighted by Crippen LogP contribution is 2.30. The van der Waals surface area contributed by atoms with E-state index < -0.39 is 48.0 Å². The summed E-state index contributed by atoms with van der Waals surface area (Å²) in [6, 6.07) is 13.5. The third-order valence-electron chi connectivity index (χ3n) is 6.20. The van der Waals surface area contributed by atoms with Crippen molar-refractivity contribution >= 4 is 47.1 Å². The number of nitrogens with one attached hydrogen (secondary N) is 1. The first-order chi connectivity index (χ1) is 22.2. The Morgan fingerprint density at radius 3 is 1.49 bits per heavy atom. The van der Waals surface area contributed by atoms with E-state index in [9.17, 15) is 33.9 Å². The molecule has 0 heterocycles. The number of methoxy groups -OCH3 is 2. The van der Waals surface area contributed by atoms with E-state index in [1.807, 2.05) is 19.0 Å². The lowest BCUT2D eigenvalue weighted by Crippen LogP contribution is -2.48. The van der Waals surface area contributed by atoms with Crippen molar-refractivity contribution in [3.05, 3.63) is 71.8 Å². The van der Waals surface area contributed by atoms with Crippen molar-refractivity contribution in [1.29, 1.82) is 0 Å². The Labute approximate surface area is 268 Å². The Balaban J connectivity index is 1.98. The summed E-state index contributed by atoms with van der Waals surface area (Å²) in [5.41, 5.74) is 0.562. The molecule has 3 aromatic carbocycles. The number of aliphatic carboxylic acids is 1. The predicted octanol–water partition coefficient (Wildman–Crippen LogP) is 3.09. The van der Waals surface area contributed by atoms with Gasteiger partial charge in [-0.2, -0.15) is 0 Å². The molecule has 0 aliphatic rings. The fourth-order valence-corrected chi connectivity index (χ4v) is 3.98. The molecule has 0 saturated heterocycles. The lowest BCUT2D eigenvalue weighted by Gasteiger charge is -2.24. The number of benzene rings is 3. The van der Waals surface area contributed by atoms with Gasteiger partial charge in [-0.15, -0.1) is 0 Å². The Bertz CT molecular complexity index is 1670. The van der Waals surface area contributed by atoms with Gasteiger partial charge in [-0.05, 0) is 60.7 Å². The molecule has 0 bridgehead atoms. The van der Waals surface area contributed by atoms with Crippen LogP contribution in [0, 0.1) is 0 Å². The number of rotatable bonds is 13. The number of hydrogen-bond donors (Lipinski definition) is 2. The fourth-order valence-electron chi connectivity index (χ4n) is 3.98. The number of ether oxygens (including phenoxy) is 6. The summed E-state index contributed by atoms with van der Waals surface area (Å²) in [7, 11) is 6.11. The van der Waals surface area contributed by atoms with Crippen LogP contribution in [0.4, 0.5) is 11.4 Å². The van der Waals surface area contributed by atoms with Crippen LogP contribution >= 0.6 is 0 Å². The number of carboxylic acids is 1. The molecule has 248 valence electrons. The third-order valence-corrected chi connectivity index (χ3v) is 6.20. The van der Waals surface area contributed by atoms with Gasteiger partial charge in [0.2, 0.25) is 12.2 Å². The number of hydrogen-bond acceptors (Lipinski definition) is 13. The van der Waals surface area contributed by atoms with E-state index in [2.05, 4.69) is 5.32 Å². The van der Waals surface area contributed by atoms with E-state index in [1.54, 1.807) is 12.1 Å². The van der Waals surface area contributed by atoms with E-state index in [4.69, 9.17) is 28.4 Å². The van der Waals surface area contributed by atoms with Crippen molar-refractivity contribution in [2.24, 2.45) is 0 Å². The van der Waals surface area contributed by atoms with Gasteiger partial charge in [0, 0.05) is 39.3 Å². The van der Waals surface area contributed by atoms with Crippen LogP contribution in [-0.2, 0) is 28.7 Å². The summed E-state index contributed by atoms with van der Waals surface area (Å²) in [5.74, 6) is -6.82. The topological polar surface area (TPSA) is 193 Å². The Hall–Kier alpha value is -6.12. The normalized spacial score (nSPS) is 11.6. The van der Waals surface area contributed by atoms with Crippen LogP contribution in [-0.4, -0.2) is 81.4 Å². The van der Waals surface area contributed by atoms with Crippen molar-refractivity contribution in [1.82, 2.24) is 0 Å². The molecule has 0 fully saturated rings. The van der Waals surface area contributed by atoms with Crippen molar-refractivity contribution in [3.8, 4) is 23.0 Å². The molecule has 2 atom stereocenters. The second-order valence-electron chi connectivity index (χ2n) is 9.84. The molecule has 0 radical (unpaired) electrons. The van der Waals surface area contributed by atoms with Gasteiger partial charge in [0.05, 0.1) is 25.3 Å². The number of esters is 4. The predicted molar refractivity (Wildman–Crippen MR) is 164 cm³/mol. The van der Waals surface area contributed by atoms with Gasteiger partial charge >= 0.3 is 29.8 Å². The van der Waals surface area contributed by atoms with Crippen LogP contribution < -0.4 is 29.2 Å². The average molecular weight is 653 g/mol. The highest BCUT2D eigenvalue weighted by Gasteiger charge is 2.41. The minimum absolute atomic E-state index is 0.0143. The van der Waals surface area contributed by atoms with Crippen LogP contribution in [0.1, 0.15) is 34.6 Å². The molecule has 3 aromatic rings. The van der Waals surface area contributed by atoms with Gasteiger partial charge < -0.3 is 43.7 Å². The zero-order valence-corrected chi connectivity index (χ0v) is 26.2. The van der Waals surface area contributed by atoms with Crippen LogP contribution in [0.2, 0.25) is 0 Å². The first kappa shape index (κ1) is 35.4. The second kappa shape index (κ2) is 15.7. The molecular formula is C32H32N2O13. The van der Waals surface area contributed by atoms with E-state index in [-0.39, 0.29) is 39.8 Å². The molecule has 47 heavy (non-hydrogen) atoms. The zero-order chi connectivity index (χ0) is 34.8. The van der Waals surface area contributed by atoms with E-state index in [0.717, 1.165) is 31.7 Å². The molecule has 0 spiro atoms. The van der Waals surface area contributed by atoms with Gasteiger partial charge in [0.15, 0.2) is 23.0 Å². The molecular weight excluding hydrogens is 620 g/mol. The molecule has 0 aliphatic heterocycles. The summed E-state index contributed by atoms with van der Waals surface area (Å²) in [6.45, 7) is 2.32. The number of nitrogens with zero attached hydrogens (tertiary/aromatic N) is 1. The monoisotopic (exact) mass is 652 g/mol. The third kappa shape index (κ3) is 9.43. The number of carbonyl (C=O) groups is 6. The maximum absolute atomic E-state index is 13.5. The number of anilines is 2. The van der Waals surface area contributed by atoms with Crippen LogP contribution in [0.3, 0.4) is 0 Å². The van der Waals surface area contributed by atoms with E-state index >= 15 is 0 Å². The largest absolute Gasteiger partial charge is 0.493 e. The van der Waals surface area contributed by atoms with E-state index in [0.29, 0.717) is 0 Å². The minimum atomic E-state index is -2.35. The molecule has 0 aromatic heterocycles. The van der Waals surface area contributed by atoms with Gasteiger partial charge in [-0.3, -0.25) is 14.4 Å². The molecule has 0 unspecified atom stereocenters. The van der Waals surface area contributed by atoms with Gasteiger partial charge in [0.25, 0.3) is 5.91 Å². The Morgan fingerprint density at radius 2 is 1.11 bits per heavy atom. The summed E-state index contributed by atoms with van der Waals surface area (Å²) in [6.07, 6.45) is -4.58. The first-order valence-corrected chi connectivity index (χ1v) is 13.7. The molecule has 1 amide bonds. The molecule has 0 aliphatic carbocycles. The SMILES string of the molecule is COc1cc(C(=O)O[C@H](C(=O)Nc2ccc(N(C)C)cc2)[C@@H](OC(=O)c2ccc(OC(C)=O)c(OC)c2)C(=O)O)ccc1OC(C)=O. The van der Waals surface area contributed by atoms with Crippen molar-refractivity contribution in [3.63, 3.8) is 0 Å². The zero-order valence-electron chi connectivity index (χ0n) is 26.2. The van der Waals surface area contributed by atoms with Crippen LogP contribution in [0.25, 0.3) is 0 Å². The molecule has 2 N–H and O–H groups in total. The van der Waals surface area contributed by atoms with Crippen LogP contribution in [0.5, 0.6) is 23.0 Å². The second-order valence-corrected chi connectivity index (χ2v) is 9.84. The van der Waals surface area contributed by atoms with Crippen molar-refractivity contribution < 1.29 is 62.3 Å².